The Hall–Kier alpha value is -3.03. The van der Waals surface area contributed by atoms with Crippen LogP contribution in [0.25, 0.3) is 6.08 Å². The Kier molecular flexibility index (Phi) is 14.2. The van der Waals surface area contributed by atoms with Gasteiger partial charge in [-0.25, -0.2) is 0 Å². The number of nitrogens with zero attached hydrogens (tertiary/aromatic N) is 1. The van der Waals surface area contributed by atoms with Gasteiger partial charge in [-0.05, 0) is 30.2 Å². The number of esters is 1. The van der Waals surface area contributed by atoms with Crippen molar-refractivity contribution in [3.63, 3.8) is 0 Å². The van der Waals surface area contributed by atoms with Gasteiger partial charge in [0.2, 0.25) is 11.8 Å². The smallest absolute Gasteiger partial charge is 0.308 e. The molecule has 0 aliphatic carbocycles. The van der Waals surface area contributed by atoms with Crippen molar-refractivity contribution in [3.05, 3.63) is 29.8 Å². The number of nitrogens with one attached hydrogen (secondary N) is 1. The van der Waals surface area contributed by atoms with Gasteiger partial charge in [0, 0.05) is 19.2 Å². The van der Waals surface area contributed by atoms with E-state index >= 15 is 0 Å². The number of piperazine rings is 1. The van der Waals surface area contributed by atoms with Gasteiger partial charge in [-0.1, -0.05) is 70.8 Å². The van der Waals surface area contributed by atoms with Crippen molar-refractivity contribution in [2.24, 2.45) is 0 Å². The highest BCUT2D eigenvalue weighted by molar-refractivity contribution is 5.97. The number of benzene rings is 1. The molecule has 1 saturated heterocycles. The fourth-order valence-electron chi connectivity index (χ4n) is 4.39. The molecule has 206 valence electrons. The third kappa shape index (κ3) is 10.9. The summed E-state index contributed by atoms with van der Waals surface area (Å²) in [6.45, 7) is 3.25. The largest absolute Gasteiger partial charge is 0.493 e. The van der Waals surface area contributed by atoms with Gasteiger partial charge in [0.15, 0.2) is 11.5 Å². The molecule has 1 unspecified atom stereocenters. The molecule has 2 amide bonds. The highest BCUT2D eigenvalue weighted by Crippen LogP contribution is 2.28. The number of rotatable bonds is 17. The maximum Gasteiger partial charge on any atom is 0.308 e. The minimum Gasteiger partial charge on any atom is -0.493 e. The first-order valence-corrected chi connectivity index (χ1v) is 13.6. The molecule has 1 atom stereocenters. The predicted molar refractivity (Wildman–Crippen MR) is 145 cm³/mol. The zero-order chi connectivity index (χ0) is 26.9. The molecule has 2 rings (SSSR count). The first-order chi connectivity index (χ1) is 18.0. The molecule has 1 aromatic rings. The second kappa shape index (κ2) is 17.4. The highest BCUT2D eigenvalue weighted by atomic mass is 16.5. The summed E-state index contributed by atoms with van der Waals surface area (Å²) in [5.41, 5.74) is 0.750. The fraction of sp³-hybridized carbons (Fsp3) is 0.621. The number of unbranched alkanes of at least 4 members (excludes halogenated alkanes) is 9. The summed E-state index contributed by atoms with van der Waals surface area (Å²) in [4.78, 5) is 39.2. The number of ether oxygens (including phenoxy) is 3. The summed E-state index contributed by atoms with van der Waals surface area (Å²) in [5.74, 6) is 0.0133. The normalized spacial score (nSPS) is 15.5. The lowest BCUT2D eigenvalue weighted by Crippen LogP contribution is -2.57. The van der Waals surface area contributed by atoms with Gasteiger partial charge in [-0.15, -0.1) is 0 Å². The zero-order valence-electron chi connectivity index (χ0n) is 22.8. The van der Waals surface area contributed by atoms with E-state index in [0.717, 1.165) is 24.8 Å². The third-order valence-electron chi connectivity index (χ3n) is 6.56. The van der Waals surface area contributed by atoms with Gasteiger partial charge in [0.25, 0.3) is 0 Å². The van der Waals surface area contributed by atoms with Crippen LogP contribution in [0.3, 0.4) is 0 Å². The van der Waals surface area contributed by atoms with Crippen LogP contribution in [-0.4, -0.2) is 62.6 Å². The Balaban J connectivity index is 1.76. The molecule has 0 saturated carbocycles. The number of methoxy groups -OCH3 is 2. The molecule has 1 aliphatic heterocycles. The minimum absolute atomic E-state index is 0.153. The topological polar surface area (TPSA) is 94.2 Å². The molecule has 0 aromatic heterocycles. The number of hydrogen-bond acceptors (Lipinski definition) is 6. The van der Waals surface area contributed by atoms with Crippen molar-refractivity contribution in [1.82, 2.24) is 10.2 Å². The fourth-order valence-corrected chi connectivity index (χ4v) is 4.39. The summed E-state index contributed by atoms with van der Waals surface area (Å²) in [7, 11) is 3.10. The molecule has 1 heterocycles. The minimum atomic E-state index is -0.878. The maximum atomic E-state index is 12.9. The molecule has 1 aliphatic rings. The maximum absolute atomic E-state index is 12.9. The lowest BCUT2D eigenvalue weighted by Gasteiger charge is -2.33. The van der Waals surface area contributed by atoms with Gasteiger partial charge in [-0.2, -0.15) is 0 Å². The highest BCUT2D eigenvalue weighted by Gasteiger charge is 2.34. The Morgan fingerprint density at radius 1 is 0.973 bits per heavy atom. The van der Waals surface area contributed by atoms with Crippen LogP contribution in [-0.2, 0) is 19.1 Å². The monoisotopic (exact) mass is 516 g/mol. The van der Waals surface area contributed by atoms with E-state index < -0.39 is 12.0 Å². The first-order valence-electron chi connectivity index (χ1n) is 13.6. The SMILES string of the molecule is CCCCCCCCCCCCOC(=O)CC1C(=O)NCCN1C(=O)/C=C/c1ccc(OC)c(OC)c1. The van der Waals surface area contributed by atoms with Gasteiger partial charge in [0.1, 0.15) is 6.04 Å². The standard InChI is InChI=1S/C29H44N2O6/c1-4-5-6-7-8-9-10-11-12-13-20-37-28(33)22-24-29(34)30-18-19-31(24)27(32)17-15-23-14-16-25(35-2)26(21-23)36-3/h14-17,21,24H,4-13,18-20,22H2,1-3H3,(H,30,34)/b17-15+. The van der Waals surface area contributed by atoms with Crippen LogP contribution in [0.15, 0.2) is 24.3 Å². The Morgan fingerprint density at radius 2 is 1.62 bits per heavy atom. The summed E-state index contributed by atoms with van der Waals surface area (Å²) in [6, 6.07) is 4.44. The molecule has 8 nitrogen and oxygen atoms in total. The van der Waals surface area contributed by atoms with E-state index in [-0.39, 0.29) is 18.2 Å². The van der Waals surface area contributed by atoms with E-state index in [2.05, 4.69) is 12.2 Å². The van der Waals surface area contributed by atoms with Crippen LogP contribution >= 0.6 is 0 Å². The van der Waals surface area contributed by atoms with Gasteiger partial charge >= 0.3 is 5.97 Å². The molecule has 1 N–H and O–H groups in total. The van der Waals surface area contributed by atoms with E-state index in [1.165, 1.54) is 55.9 Å². The van der Waals surface area contributed by atoms with E-state index in [9.17, 15) is 14.4 Å². The summed E-state index contributed by atoms with van der Waals surface area (Å²) in [6.07, 6.45) is 14.9. The van der Waals surface area contributed by atoms with Crippen molar-refractivity contribution in [3.8, 4) is 11.5 Å². The number of carbonyl (C=O) groups is 3. The second-order valence-corrected chi connectivity index (χ2v) is 9.39. The second-order valence-electron chi connectivity index (χ2n) is 9.39. The van der Waals surface area contributed by atoms with Gasteiger partial charge in [0.05, 0.1) is 27.2 Å². The Labute approximate surface area is 221 Å². The Morgan fingerprint density at radius 3 is 2.27 bits per heavy atom. The van der Waals surface area contributed by atoms with Crippen LogP contribution in [0.4, 0.5) is 0 Å². The average molecular weight is 517 g/mol. The number of carbonyl (C=O) groups excluding carboxylic acids is 3. The number of hydrogen-bond donors (Lipinski definition) is 1. The van der Waals surface area contributed by atoms with Crippen molar-refractivity contribution < 1.29 is 28.6 Å². The van der Waals surface area contributed by atoms with Crippen LogP contribution in [0.5, 0.6) is 11.5 Å². The summed E-state index contributed by atoms with van der Waals surface area (Å²) < 4.78 is 15.9. The average Bonchev–Trinajstić information content (AvgIpc) is 2.91. The number of amides is 2. The van der Waals surface area contributed by atoms with Crippen molar-refractivity contribution in [2.45, 2.75) is 83.6 Å². The molecule has 1 fully saturated rings. The molecular formula is C29H44N2O6. The molecule has 0 spiro atoms. The van der Waals surface area contributed by atoms with Crippen molar-refractivity contribution >= 4 is 23.9 Å². The van der Waals surface area contributed by atoms with Crippen LogP contribution in [0, 0.1) is 0 Å². The predicted octanol–water partition coefficient (Wildman–Crippen LogP) is 4.90. The van der Waals surface area contributed by atoms with Crippen molar-refractivity contribution in [2.75, 3.05) is 33.9 Å². The molecule has 8 heteroatoms. The molecular weight excluding hydrogens is 472 g/mol. The molecule has 1 aromatic carbocycles. The van der Waals surface area contributed by atoms with Crippen LogP contribution < -0.4 is 14.8 Å². The molecule has 0 radical (unpaired) electrons. The lowest BCUT2D eigenvalue weighted by atomic mass is 10.1. The van der Waals surface area contributed by atoms with E-state index in [4.69, 9.17) is 14.2 Å². The quantitative estimate of drug-likeness (QED) is 0.180. The van der Waals surface area contributed by atoms with Gasteiger partial charge in [-0.3, -0.25) is 14.4 Å². The summed E-state index contributed by atoms with van der Waals surface area (Å²) >= 11 is 0. The molecule has 0 bridgehead atoms. The van der Waals surface area contributed by atoms with E-state index in [0.29, 0.717) is 31.2 Å². The van der Waals surface area contributed by atoms with Crippen molar-refractivity contribution in [1.29, 1.82) is 0 Å². The zero-order valence-corrected chi connectivity index (χ0v) is 22.8. The van der Waals surface area contributed by atoms with Crippen LogP contribution in [0.2, 0.25) is 0 Å². The first kappa shape index (κ1) is 30.2. The Bertz CT molecular complexity index is 885. The van der Waals surface area contributed by atoms with Crippen LogP contribution in [0.1, 0.15) is 83.1 Å². The molecule has 37 heavy (non-hydrogen) atoms. The summed E-state index contributed by atoms with van der Waals surface area (Å²) in [5, 5.41) is 2.74. The lowest BCUT2D eigenvalue weighted by molar-refractivity contribution is -0.150. The third-order valence-corrected chi connectivity index (χ3v) is 6.56. The van der Waals surface area contributed by atoms with Gasteiger partial charge < -0.3 is 24.4 Å². The van der Waals surface area contributed by atoms with E-state index in [1.54, 1.807) is 38.5 Å². The van der Waals surface area contributed by atoms with E-state index in [1.807, 2.05) is 0 Å².